The largest absolute Gasteiger partial charge is 0.466 e. The number of fused-ring (bicyclic) bond motifs is 1. The zero-order valence-electron chi connectivity index (χ0n) is 17.3. The van der Waals surface area contributed by atoms with E-state index < -0.39 is 5.97 Å². The number of esters is 1. The number of hydrogen-bond donors (Lipinski definition) is 0. The summed E-state index contributed by atoms with van der Waals surface area (Å²) in [5.41, 5.74) is 2.92. The van der Waals surface area contributed by atoms with Gasteiger partial charge in [-0.25, -0.2) is 9.97 Å². The van der Waals surface area contributed by atoms with E-state index in [2.05, 4.69) is 9.88 Å². The molecule has 2 aromatic rings. The first-order valence-electron chi connectivity index (χ1n) is 10.6. The highest BCUT2D eigenvalue weighted by Crippen LogP contribution is 2.31. The van der Waals surface area contributed by atoms with Gasteiger partial charge < -0.3 is 14.5 Å². The van der Waals surface area contributed by atoms with Gasteiger partial charge in [0.1, 0.15) is 12.2 Å². The minimum atomic E-state index is -0.478. The van der Waals surface area contributed by atoms with Crippen molar-refractivity contribution in [3.05, 3.63) is 35.8 Å². The minimum Gasteiger partial charge on any atom is -0.466 e. The van der Waals surface area contributed by atoms with Gasteiger partial charge in [-0.05, 0) is 38.3 Å². The van der Waals surface area contributed by atoms with E-state index in [4.69, 9.17) is 14.7 Å². The van der Waals surface area contributed by atoms with Crippen molar-refractivity contribution in [3.63, 3.8) is 0 Å². The first-order valence-corrected chi connectivity index (χ1v) is 10.6. The summed E-state index contributed by atoms with van der Waals surface area (Å²) >= 11 is 0. The number of rotatable bonds is 5. The molecule has 158 valence electrons. The van der Waals surface area contributed by atoms with Gasteiger partial charge in [0.15, 0.2) is 5.82 Å². The fourth-order valence-corrected chi connectivity index (χ4v) is 4.05. The summed E-state index contributed by atoms with van der Waals surface area (Å²) in [6.07, 6.45) is 7.40. The highest BCUT2D eigenvalue weighted by atomic mass is 16.5. The fraction of sp³-hybridized carbons (Fsp3) is 0.500. The van der Waals surface area contributed by atoms with Crippen molar-refractivity contribution >= 4 is 17.7 Å². The Balaban J connectivity index is 1.64. The molecule has 0 saturated carbocycles. The van der Waals surface area contributed by atoms with Crippen molar-refractivity contribution in [3.8, 4) is 11.4 Å². The molecule has 0 radical (unpaired) electrons. The van der Waals surface area contributed by atoms with Crippen LogP contribution < -0.4 is 4.90 Å². The van der Waals surface area contributed by atoms with Gasteiger partial charge in [-0.1, -0.05) is 0 Å². The van der Waals surface area contributed by atoms with Crippen molar-refractivity contribution in [1.29, 1.82) is 0 Å². The lowest BCUT2D eigenvalue weighted by atomic mass is 10.0. The second-order valence-electron chi connectivity index (χ2n) is 7.63. The molecule has 2 aliphatic heterocycles. The fourth-order valence-electron chi connectivity index (χ4n) is 4.05. The standard InChI is InChI=1S/C22H27N5O3/c1-2-30-20(29)14-19(28)27-13-8-18-17(15-27)22(26-11-4-3-5-12-26)25-21(24-18)16-6-9-23-10-7-16/h6-7,9-10H,2-5,8,11-15H2,1H3. The zero-order chi connectivity index (χ0) is 20.9. The number of piperidine rings is 1. The van der Waals surface area contributed by atoms with E-state index >= 15 is 0 Å². The maximum absolute atomic E-state index is 12.6. The number of anilines is 1. The summed E-state index contributed by atoms with van der Waals surface area (Å²) in [6, 6.07) is 3.83. The second kappa shape index (κ2) is 9.19. The van der Waals surface area contributed by atoms with E-state index in [0.717, 1.165) is 48.6 Å². The van der Waals surface area contributed by atoms with Crippen LogP contribution >= 0.6 is 0 Å². The molecule has 0 N–H and O–H groups in total. The van der Waals surface area contributed by atoms with E-state index in [-0.39, 0.29) is 18.9 Å². The first-order chi connectivity index (χ1) is 14.7. The number of amides is 1. The molecule has 0 atom stereocenters. The first kappa shape index (κ1) is 20.3. The molecule has 8 nitrogen and oxygen atoms in total. The van der Waals surface area contributed by atoms with Crippen molar-refractivity contribution in [1.82, 2.24) is 19.9 Å². The molecule has 1 fully saturated rings. The summed E-state index contributed by atoms with van der Waals surface area (Å²) in [7, 11) is 0. The van der Waals surface area contributed by atoms with Crippen LogP contribution in [-0.4, -0.2) is 58.0 Å². The maximum Gasteiger partial charge on any atom is 0.315 e. The molecule has 1 saturated heterocycles. The average Bonchev–Trinajstić information content (AvgIpc) is 2.79. The third kappa shape index (κ3) is 4.42. The summed E-state index contributed by atoms with van der Waals surface area (Å²) in [4.78, 5) is 42.3. The molecule has 0 unspecified atom stereocenters. The summed E-state index contributed by atoms with van der Waals surface area (Å²) in [5.74, 6) is 0.930. The lowest BCUT2D eigenvalue weighted by molar-refractivity contribution is -0.148. The van der Waals surface area contributed by atoms with Gasteiger partial charge in [-0.3, -0.25) is 14.6 Å². The molecule has 4 heterocycles. The Morgan fingerprint density at radius 2 is 1.83 bits per heavy atom. The van der Waals surface area contributed by atoms with Crippen LogP contribution in [0.25, 0.3) is 11.4 Å². The van der Waals surface area contributed by atoms with Gasteiger partial charge in [0.2, 0.25) is 5.91 Å². The molecule has 8 heteroatoms. The zero-order valence-corrected chi connectivity index (χ0v) is 17.3. The number of hydrogen-bond acceptors (Lipinski definition) is 7. The lowest BCUT2D eigenvalue weighted by Gasteiger charge is -2.34. The smallest absolute Gasteiger partial charge is 0.315 e. The number of nitrogens with zero attached hydrogens (tertiary/aromatic N) is 5. The Labute approximate surface area is 176 Å². The van der Waals surface area contributed by atoms with Crippen molar-refractivity contribution in [2.24, 2.45) is 0 Å². The van der Waals surface area contributed by atoms with Crippen LogP contribution in [0.3, 0.4) is 0 Å². The van der Waals surface area contributed by atoms with Gasteiger partial charge in [0.25, 0.3) is 0 Å². The third-order valence-corrected chi connectivity index (χ3v) is 5.59. The number of carbonyl (C=O) groups is 2. The Bertz CT molecular complexity index is 912. The van der Waals surface area contributed by atoms with Crippen LogP contribution in [0.4, 0.5) is 5.82 Å². The van der Waals surface area contributed by atoms with Gasteiger partial charge in [0, 0.05) is 49.6 Å². The predicted molar refractivity (Wildman–Crippen MR) is 112 cm³/mol. The van der Waals surface area contributed by atoms with Gasteiger partial charge in [0.05, 0.1) is 18.8 Å². The van der Waals surface area contributed by atoms with E-state index in [1.807, 2.05) is 12.1 Å². The van der Waals surface area contributed by atoms with Crippen LogP contribution in [0.1, 0.15) is 43.9 Å². The molecule has 2 aliphatic rings. The van der Waals surface area contributed by atoms with Crippen LogP contribution in [0.5, 0.6) is 0 Å². The lowest BCUT2D eigenvalue weighted by Crippen LogP contribution is -2.40. The Hall–Kier alpha value is -3.03. The average molecular weight is 409 g/mol. The Morgan fingerprint density at radius 3 is 2.57 bits per heavy atom. The highest BCUT2D eigenvalue weighted by Gasteiger charge is 2.29. The quantitative estimate of drug-likeness (QED) is 0.553. The Kier molecular flexibility index (Phi) is 6.21. The summed E-state index contributed by atoms with van der Waals surface area (Å²) in [6.45, 7) is 4.89. The van der Waals surface area contributed by atoms with Crippen molar-refractivity contribution in [2.75, 3.05) is 31.1 Å². The van der Waals surface area contributed by atoms with Crippen LogP contribution in [0, 0.1) is 0 Å². The number of ether oxygens (including phenoxy) is 1. The Morgan fingerprint density at radius 1 is 1.07 bits per heavy atom. The molecule has 0 bridgehead atoms. The van der Waals surface area contributed by atoms with Gasteiger partial charge >= 0.3 is 5.97 Å². The minimum absolute atomic E-state index is 0.207. The molecule has 30 heavy (non-hydrogen) atoms. The topological polar surface area (TPSA) is 88.5 Å². The summed E-state index contributed by atoms with van der Waals surface area (Å²) in [5, 5.41) is 0. The van der Waals surface area contributed by atoms with E-state index in [9.17, 15) is 9.59 Å². The molecule has 2 aromatic heterocycles. The SMILES string of the molecule is CCOC(=O)CC(=O)N1CCc2nc(-c3ccncc3)nc(N3CCCCC3)c2C1. The van der Waals surface area contributed by atoms with E-state index in [1.165, 1.54) is 6.42 Å². The summed E-state index contributed by atoms with van der Waals surface area (Å²) < 4.78 is 4.93. The number of pyridine rings is 1. The maximum atomic E-state index is 12.6. The molecular formula is C22H27N5O3. The molecule has 0 aromatic carbocycles. The second-order valence-corrected chi connectivity index (χ2v) is 7.63. The monoisotopic (exact) mass is 409 g/mol. The van der Waals surface area contributed by atoms with Crippen molar-refractivity contribution < 1.29 is 14.3 Å². The van der Waals surface area contributed by atoms with Crippen LogP contribution in [0.2, 0.25) is 0 Å². The number of aromatic nitrogens is 3. The molecular weight excluding hydrogens is 382 g/mol. The normalized spacial score (nSPS) is 16.2. The van der Waals surface area contributed by atoms with Crippen molar-refractivity contribution in [2.45, 2.75) is 45.6 Å². The third-order valence-electron chi connectivity index (χ3n) is 5.59. The van der Waals surface area contributed by atoms with Gasteiger partial charge in [-0.15, -0.1) is 0 Å². The molecule has 0 spiro atoms. The van der Waals surface area contributed by atoms with E-state index in [0.29, 0.717) is 25.3 Å². The van der Waals surface area contributed by atoms with Gasteiger partial charge in [-0.2, -0.15) is 0 Å². The predicted octanol–water partition coefficient (Wildman–Crippen LogP) is 2.37. The van der Waals surface area contributed by atoms with Crippen LogP contribution in [0.15, 0.2) is 24.5 Å². The highest BCUT2D eigenvalue weighted by molar-refractivity contribution is 5.94. The number of carbonyl (C=O) groups excluding carboxylic acids is 2. The van der Waals surface area contributed by atoms with Crippen LogP contribution in [-0.2, 0) is 27.3 Å². The van der Waals surface area contributed by atoms with E-state index in [1.54, 1.807) is 24.2 Å². The molecule has 1 amide bonds. The molecule has 0 aliphatic carbocycles. The molecule has 4 rings (SSSR count).